The molecule has 1 aromatic carbocycles. The molecule has 70 valence electrons. The van der Waals surface area contributed by atoms with Crippen molar-refractivity contribution in [1.82, 2.24) is 0 Å². The summed E-state index contributed by atoms with van der Waals surface area (Å²) in [5.41, 5.74) is 0.964. The van der Waals surface area contributed by atoms with Crippen LogP contribution in [-0.2, 0) is 0 Å². The van der Waals surface area contributed by atoms with Crippen LogP contribution in [0.2, 0.25) is 5.02 Å². The SMILES string of the molecule is C=CCNc1ccc(OC)c(Cl)c1. The van der Waals surface area contributed by atoms with E-state index in [4.69, 9.17) is 16.3 Å². The Hall–Kier alpha value is -1.15. The Morgan fingerprint density at radius 1 is 1.62 bits per heavy atom. The molecule has 0 saturated carbocycles. The minimum Gasteiger partial charge on any atom is -0.495 e. The van der Waals surface area contributed by atoms with E-state index >= 15 is 0 Å². The fraction of sp³-hybridized carbons (Fsp3) is 0.200. The number of nitrogens with one attached hydrogen (secondary N) is 1. The highest BCUT2D eigenvalue weighted by Crippen LogP contribution is 2.26. The molecule has 1 rings (SSSR count). The Labute approximate surface area is 83.2 Å². The highest BCUT2D eigenvalue weighted by Gasteiger charge is 1.99. The second-order valence-corrected chi connectivity index (χ2v) is 2.93. The van der Waals surface area contributed by atoms with Gasteiger partial charge in [0.2, 0.25) is 0 Å². The minimum absolute atomic E-state index is 0.608. The van der Waals surface area contributed by atoms with E-state index in [1.807, 2.05) is 18.2 Å². The van der Waals surface area contributed by atoms with Gasteiger partial charge in [-0.25, -0.2) is 0 Å². The van der Waals surface area contributed by atoms with Crippen LogP contribution in [-0.4, -0.2) is 13.7 Å². The van der Waals surface area contributed by atoms with Gasteiger partial charge in [-0.3, -0.25) is 0 Å². The zero-order valence-electron chi connectivity index (χ0n) is 7.51. The van der Waals surface area contributed by atoms with Crippen LogP contribution >= 0.6 is 11.6 Å². The Morgan fingerprint density at radius 3 is 2.92 bits per heavy atom. The molecule has 1 N–H and O–H groups in total. The van der Waals surface area contributed by atoms with Crippen molar-refractivity contribution >= 4 is 17.3 Å². The molecule has 0 heterocycles. The number of hydrogen-bond acceptors (Lipinski definition) is 2. The van der Waals surface area contributed by atoms with Crippen molar-refractivity contribution in [3.05, 3.63) is 35.9 Å². The molecule has 0 aliphatic carbocycles. The van der Waals surface area contributed by atoms with Crippen LogP contribution in [0, 0.1) is 0 Å². The largest absolute Gasteiger partial charge is 0.495 e. The summed E-state index contributed by atoms with van der Waals surface area (Å²) >= 11 is 5.92. The lowest BCUT2D eigenvalue weighted by molar-refractivity contribution is 0.415. The van der Waals surface area contributed by atoms with Crippen molar-refractivity contribution in [2.24, 2.45) is 0 Å². The molecule has 0 unspecified atom stereocenters. The van der Waals surface area contributed by atoms with Crippen LogP contribution in [0.25, 0.3) is 0 Å². The highest BCUT2D eigenvalue weighted by atomic mass is 35.5. The zero-order chi connectivity index (χ0) is 9.68. The van der Waals surface area contributed by atoms with Crippen LogP contribution in [0.1, 0.15) is 0 Å². The summed E-state index contributed by atoms with van der Waals surface area (Å²) in [5, 5.41) is 3.74. The Bertz CT molecular complexity index is 299. The number of rotatable bonds is 4. The van der Waals surface area contributed by atoms with Crippen molar-refractivity contribution in [1.29, 1.82) is 0 Å². The Kier molecular flexibility index (Phi) is 3.65. The third kappa shape index (κ3) is 2.67. The van der Waals surface area contributed by atoms with Gasteiger partial charge in [0.25, 0.3) is 0 Å². The zero-order valence-corrected chi connectivity index (χ0v) is 8.27. The number of ether oxygens (including phenoxy) is 1. The van der Waals surface area contributed by atoms with E-state index < -0.39 is 0 Å². The van der Waals surface area contributed by atoms with Gasteiger partial charge in [0.15, 0.2) is 0 Å². The third-order valence-electron chi connectivity index (χ3n) is 1.60. The monoisotopic (exact) mass is 197 g/mol. The lowest BCUT2D eigenvalue weighted by Crippen LogP contribution is -1.97. The molecule has 0 radical (unpaired) electrons. The third-order valence-corrected chi connectivity index (χ3v) is 1.90. The maximum Gasteiger partial charge on any atom is 0.137 e. The molecule has 0 fully saturated rings. The summed E-state index contributed by atoms with van der Waals surface area (Å²) in [7, 11) is 1.60. The number of benzene rings is 1. The van der Waals surface area contributed by atoms with Crippen molar-refractivity contribution < 1.29 is 4.74 Å². The summed E-state index contributed by atoms with van der Waals surface area (Å²) in [6.07, 6.45) is 1.79. The quantitative estimate of drug-likeness (QED) is 0.750. The molecule has 0 amide bonds. The highest BCUT2D eigenvalue weighted by molar-refractivity contribution is 6.32. The van der Waals surface area contributed by atoms with Gasteiger partial charge in [0.1, 0.15) is 5.75 Å². The van der Waals surface area contributed by atoms with Crippen LogP contribution in [0.5, 0.6) is 5.75 Å². The molecule has 1 aromatic rings. The fourth-order valence-corrected chi connectivity index (χ4v) is 1.22. The van der Waals surface area contributed by atoms with Crippen molar-refractivity contribution in [2.45, 2.75) is 0 Å². The molecular weight excluding hydrogens is 186 g/mol. The molecule has 0 atom stereocenters. The van der Waals surface area contributed by atoms with Gasteiger partial charge in [-0.2, -0.15) is 0 Å². The van der Waals surface area contributed by atoms with Crippen LogP contribution in [0.3, 0.4) is 0 Å². The first-order chi connectivity index (χ1) is 6.27. The topological polar surface area (TPSA) is 21.3 Å². The summed E-state index contributed by atoms with van der Waals surface area (Å²) in [4.78, 5) is 0. The lowest BCUT2D eigenvalue weighted by atomic mass is 10.3. The fourth-order valence-electron chi connectivity index (χ4n) is 0.966. The van der Waals surface area contributed by atoms with Crippen LogP contribution < -0.4 is 10.1 Å². The van der Waals surface area contributed by atoms with Crippen molar-refractivity contribution in [3.63, 3.8) is 0 Å². The smallest absolute Gasteiger partial charge is 0.137 e. The molecular formula is C10H12ClNO. The molecule has 0 bridgehead atoms. The van der Waals surface area contributed by atoms with Crippen LogP contribution in [0.4, 0.5) is 5.69 Å². The molecule has 2 nitrogen and oxygen atoms in total. The molecule has 0 spiro atoms. The second-order valence-electron chi connectivity index (χ2n) is 2.52. The van der Waals surface area contributed by atoms with E-state index in [9.17, 15) is 0 Å². The van der Waals surface area contributed by atoms with Crippen LogP contribution in [0.15, 0.2) is 30.9 Å². The Morgan fingerprint density at radius 2 is 2.38 bits per heavy atom. The summed E-state index contributed by atoms with van der Waals surface area (Å²) in [6.45, 7) is 4.34. The van der Waals surface area contributed by atoms with E-state index in [-0.39, 0.29) is 0 Å². The average molecular weight is 198 g/mol. The summed E-state index contributed by atoms with van der Waals surface area (Å²) < 4.78 is 5.02. The molecule has 0 saturated heterocycles. The lowest BCUT2D eigenvalue weighted by Gasteiger charge is -2.06. The Balaban J connectivity index is 2.76. The van der Waals surface area contributed by atoms with E-state index in [0.717, 1.165) is 12.2 Å². The summed E-state index contributed by atoms with van der Waals surface area (Å²) in [5.74, 6) is 0.686. The number of anilines is 1. The molecule has 0 aromatic heterocycles. The number of methoxy groups -OCH3 is 1. The predicted molar refractivity (Wildman–Crippen MR) is 56.7 cm³/mol. The maximum atomic E-state index is 5.92. The molecule has 13 heavy (non-hydrogen) atoms. The van der Waals surface area contributed by atoms with E-state index in [2.05, 4.69) is 11.9 Å². The first kappa shape index (κ1) is 9.93. The van der Waals surface area contributed by atoms with Crippen molar-refractivity contribution in [3.8, 4) is 5.75 Å². The molecule has 0 aliphatic rings. The first-order valence-corrected chi connectivity index (χ1v) is 4.34. The molecule has 3 heteroatoms. The summed E-state index contributed by atoms with van der Waals surface area (Å²) in [6, 6.07) is 5.56. The number of hydrogen-bond donors (Lipinski definition) is 1. The van der Waals surface area contributed by atoms with Gasteiger partial charge >= 0.3 is 0 Å². The normalized spacial score (nSPS) is 9.38. The van der Waals surface area contributed by atoms with Gasteiger partial charge in [0, 0.05) is 12.2 Å². The van der Waals surface area contributed by atoms with E-state index in [1.165, 1.54) is 0 Å². The minimum atomic E-state index is 0.608. The molecule has 0 aliphatic heterocycles. The maximum absolute atomic E-state index is 5.92. The van der Waals surface area contributed by atoms with Gasteiger partial charge < -0.3 is 10.1 Å². The van der Waals surface area contributed by atoms with Crippen molar-refractivity contribution in [2.75, 3.05) is 19.0 Å². The number of halogens is 1. The van der Waals surface area contributed by atoms with E-state index in [0.29, 0.717) is 10.8 Å². The van der Waals surface area contributed by atoms with Gasteiger partial charge in [-0.15, -0.1) is 6.58 Å². The van der Waals surface area contributed by atoms with E-state index in [1.54, 1.807) is 13.2 Å². The average Bonchev–Trinajstić information content (AvgIpc) is 2.15. The van der Waals surface area contributed by atoms with Gasteiger partial charge in [-0.1, -0.05) is 17.7 Å². The first-order valence-electron chi connectivity index (χ1n) is 3.96. The van der Waals surface area contributed by atoms with Gasteiger partial charge in [0.05, 0.1) is 12.1 Å². The van der Waals surface area contributed by atoms with Gasteiger partial charge in [-0.05, 0) is 18.2 Å². The predicted octanol–water partition coefficient (Wildman–Crippen LogP) is 2.95. The standard InChI is InChI=1S/C10H12ClNO/c1-3-6-12-8-4-5-10(13-2)9(11)7-8/h3-5,7,12H,1,6H2,2H3. The second kappa shape index (κ2) is 4.77.